The lowest BCUT2D eigenvalue weighted by molar-refractivity contribution is -0.117. The second-order valence-corrected chi connectivity index (χ2v) is 4.34. The molecule has 1 aromatic rings. The lowest BCUT2D eigenvalue weighted by Crippen LogP contribution is -2.08. The summed E-state index contributed by atoms with van der Waals surface area (Å²) in [5, 5.41) is 0. The highest BCUT2D eigenvalue weighted by Gasteiger charge is 1.96. The van der Waals surface area contributed by atoms with E-state index in [0.29, 0.717) is 0 Å². The highest BCUT2D eigenvalue weighted by atomic mass is 79.9. The first-order valence-corrected chi connectivity index (χ1v) is 5.40. The van der Waals surface area contributed by atoms with E-state index in [1.54, 1.807) is 0 Å². The molecule has 0 heterocycles. The van der Waals surface area contributed by atoms with Gasteiger partial charge in [0.2, 0.25) is 5.91 Å². The highest BCUT2D eigenvalue weighted by Crippen LogP contribution is 2.20. The number of rotatable bonds is 1. The van der Waals surface area contributed by atoms with Gasteiger partial charge >= 0.3 is 0 Å². The quantitative estimate of drug-likeness (QED) is 0.795. The largest absolute Gasteiger partial charge is 0.369 e. The van der Waals surface area contributed by atoms with Crippen LogP contribution in [-0.2, 0) is 4.79 Å². The van der Waals surface area contributed by atoms with Crippen molar-refractivity contribution in [1.29, 1.82) is 0 Å². The van der Waals surface area contributed by atoms with Gasteiger partial charge in [0.25, 0.3) is 0 Å². The van der Waals surface area contributed by atoms with Crippen molar-refractivity contribution in [2.45, 2.75) is 6.42 Å². The lowest BCUT2D eigenvalue weighted by atomic mass is 10.2. The van der Waals surface area contributed by atoms with Crippen LogP contribution in [0.25, 0.3) is 0 Å². The van der Waals surface area contributed by atoms with Crippen molar-refractivity contribution in [3.63, 3.8) is 0 Å². The van der Waals surface area contributed by atoms with Crippen molar-refractivity contribution < 1.29 is 4.79 Å². The smallest absolute Gasteiger partial charge is 0.229 e. The van der Waals surface area contributed by atoms with Gasteiger partial charge in [-0.25, -0.2) is 0 Å². The Labute approximate surface area is 99.1 Å². The van der Waals surface area contributed by atoms with E-state index < -0.39 is 5.91 Å². The summed E-state index contributed by atoms with van der Waals surface area (Å²) in [6, 6.07) is 5.67. The van der Waals surface area contributed by atoms with E-state index in [-0.39, 0.29) is 6.42 Å². The molecule has 0 aromatic heterocycles. The minimum absolute atomic E-state index is 0.0823. The molecule has 1 aromatic carbocycles. The van der Waals surface area contributed by atoms with Crippen molar-refractivity contribution in [3.05, 3.63) is 32.7 Å². The second-order valence-electron chi connectivity index (χ2n) is 2.57. The van der Waals surface area contributed by atoms with Gasteiger partial charge in [-0.3, -0.25) is 4.79 Å². The molecule has 0 saturated carbocycles. The Kier molecular flexibility index (Phi) is 4.18. The van der Waals surface area contributed by atoms with Crippen LogP contribution in [0.1, 0.15) is 12.0 Å². The Morgan fingerprint density at radius 2 is 2.14 bits per heavy atom. The molecule has 72 valence electrons. The van der Waals surface area contributed by atoms with Crippen LogP contribution in [0.4, 0.5) is 0 Å². The van der Waals surface area contributed by atoms with E-state index >= 15 is 0 Å². The maximum atomic E-state index is 10.4. The summed E-state index contributed by atoms with van der Waals surface area (Å²) in [5.41, 5.74) is 5.80. The molecule has 0 atom stereocenters. The van der Waals surface area contributed by atoms with Crippen molar-refractivity contribution in [2.24, 2.45) is 5.73 Å². The zero-order valence-electron chi connectivity index (χ0n) is 7.18. The van der Waals surface area contributed by atoms with Gasteiger partial charge in [-0.15, -0.1) is 0 Å². The Bertz CT molecular complexity index is 418. The second kappa shape index (κ2) is 5.18. The SMILES string of the molecule is NC(=O)CC#Cc1cc(Br)ccc1Br. The van der Waals surface area contributed by atoms with Gasteiger partial charge in [0, 0.05) is 14.5 Å². The molecule has 14 heavy (non-hydrogen) atoms. The monoisotopic (exact) mass is 315 g/mol. The lowest BCUT2D eigenvalue weighted by Gasteiger charge is -1.95. The molecule has 4 heteroatoms. The highest BCUT2D eigenvalue weighted by molar-refractivity contribution is 9.11. The summed E-state index contributed by atoms with van der Waals surface area (Å²) in [7, 11) is 0. The standard InChI is InChI=1S/C10H7Br2NO/c11-8-4-5-9(12)7(6-8)2-1-3-10(13)14/h4-6H,3H2,(H2,13,14). The minimum atomic E-state index is -0.413. The molecule has 0 fully saturated rings. The molecule has 0 aliphatic carbocycles. The van der Waals surface area contributed by atoms with Crippen molar-refractivity contribution in [3.8, 4) is 11.8 Å². The molecule has 0 radical (unpaired) electrons. The van der Waals surface area contributed by atoms with Crippen LogP contribution in [0.2, 0.25) is 0 Å². The number of carbonyl (C=O) groups is 1. The molecule has 2 nitrogen and oxygen atoms in total. The number of benzene rings is 1. The first kappa shape index (κ1) is 11.3. The van der Waals surface area contributed by atoms with Crippen LogP contribution < -0.4 is 5.73 Å². The van der Waals surface area contributed by atoms with E-state index in [9.17, 15) is 4.79 Å². The number of halogens is 2. The summed E-state index contributed by atoms with van der Waals surface area (Å²) in [6.07, 6.45) is 0.0823. The molecule has 0 spiro atoms. The maximum absolute atomic E-state index is 10.4. The summed E-state index contributed by atoms with van der Waals surface area (Å²) in [4.78, 5) is 10.4. The summed E-state index contributed by atoms with van der Waals surface area (Å²) >= 11 is 6.70. The fourth-order valence-electron chi connectivity index (χ4n) is 0.820. The molecule has 0 aliphatic heterocycles. The number of carbonyl (C=O) groups excluding carboxylic acids is 1. The van der Waals surface area contributed by atoms with Gasteiger partial charge in [0.05, 0.1) is 6.42 Å². The number of hydrogen-bond donors (Lipinski definition) is 1. The number of nitrogens with two attached hydrogens (primary N) is 1. The third-order valence-corrected chi connectivity index (χ3v) is 2.60. The molecular formula is C10H7Br2NO. The topological polar surface area (TPSA) is 43.1 Å². The molecule has 1 amide bonds. The van der Waals surface area contributed by atoms with Crippen LogP contribution in [0.15, 0.2) is 27.1 Å². The van der Waals surface area contributed by atoms with Gasteiger partial charge in [0.15, 0.2) is 0 Å². The fourth-order valence-corrected chi connectivity index (χ4v) is 1.53. The molecule has 2 N–H and O–H groups in total. The molecular weight excluding hydrogens is 310 g/mol. The van der Waals surface area contributed by atoms with Crippen LogP contribution in [0.3, 0.4) is 0 Å². The van der Waals surface area contributed by atoms with Gasteiger partial charge in [0.1, 0.15) is 0 Å². The van der Waals surface area contributed by atoms with Gasteiger partial charge in [-0.1, -0.05) is 27.8 Å². The van der Waals surface area contributed by atoms with E-state index in [1.807, 2.05) is 18.2 Å². The molecule has 0 unspecified atom stereocenters. The average molecular weight is 317 g/mol. The Hall–Kier alpha value is -0.790. The van der Waals surface area contributed by atoms with E-state index in [4.69, 9.17) is 5.73 Å². The number of primary amides is 1. The zero-order valence-corrected chi connectivity index (χ0v) is 10.4. The first-order chi connectivity index (χ1) is 6.59. The molecule has 0 bridgehead atoms. The predicted molar refractivity (Wildman–Crippen MR) is 62.5 cm³/mol. The van der Waals surface area contributed by atoms with Crippen LogP contribution in [-0.4, -0.2) is 5.91 Å². The maximum Gasteiger partial charge on any atom is 0.229 e. The third kappa shape index (κ3) is 3.52. The van der Waals surface area contributed by atoms with Gasteiger partial charge in [-0.05, 0) is 34.1 Å². The average Bonchev–Trinajstić information content (AvgIpc) is 2.10. The van der Waals surface area contributed by atoms with Crippen molar-refractivity contribution >= 4 is 37.8 Å². The van der Waals surface area contributed by atoms with Gasteiger partial charge in [-0.2, -0.15) is 0 Å². The zero-order chi connectivity index (χ0) is 10.6. The number of amides is 1. The normalized spacial score (nSPS) is 9.00. The van der Waals surface area contributed by atoms with Crippen LogP contribution >= 0.6 is 31.9 Å². The van der Waals surface area contributed by atoms with Crippen LogP contribution in [0.5, 0.6) is 0 Å². The minimum Gasteiger partial charge on any atom is -0.369 e. The van der Waals surface area contributed by atoms with E-state index in [2.05, 4.69) is 43.7 Å². The van der Waals surface area contributed by atoms with E-state index in [0.717, 1.165) is 14.5 Å². The Morgan fingerprint density at radius 3 is 2.79 bits per heavy atom. The van der Waals surface area contributed by atoms with Crippen molar-refractivity contribution in [1.82, 2.24) is 0 Å². The first-order valence-electron chi connectivity index (χ1n) is 3.82. The van der Waals surface area contributed by atoms with Crippen LogP contribution in [0, 0.1) is 11.8 Å². The summed E-state index contributed by atoms with van der Waals surface area (Å²) in [5.74, 6) is 5.14. The summed E-state index contributed by atoms with van der Waals surface area (Å²) < 4.78 is 1.85. The Morgan fingerprint density at radius 1 is 1.43 bits per heavy atom. The molecule has 0 saturated heterocycles. The van der Waals surface area contributed by atoms with E-state index in [1.165, 1.54) is 0 Å². The predicted octanol–water partition coefficient (Wildman–Crippen LogP) is 2.44. The number of hydrogen-bond acceptors (Lipinski definition) is 1. The Balaban J connectivity index is 2.88. The fraction of sp³-hybridized carbons (Fsp3) is 0.100. The third-order valence-electron chi connectivity index (χ3n) is 1.41. The molecule has 1 rings (SSSR count). The molecule has 0 aliphatic rings. The van der Waals surface area contributed by atoms with Gasteiger partial charge < -0.3 is 5.73 Å². The van der Waals surface area contributed by atoms with Crippen molar-refractivity contribution in [2.75, 3.05) is 0 Å². The summed E-state index contributed by atoms with van der Waals surface area (Å²) in [6.45, 7) is 0.